The summed E-state index contributed by atoms with van der Waals surface area (Å²) in [5.74, 6) is -0.906. The number of urea groups is 1. The third-order valence-electron chi connectivity index (χ3n) is 4.15. The summed E-state index contributed by atoms with van der Waals surface area (Å²) < 4.78 is 10.2. The average molecular weight is 420 g/mol. The van der Waals surface area contributed by atoms with Gasteiger partial charge in [-0.2, -0.15) is 0 Å². The molecule has 1 atom stereocenters. The van der Waals surface area contributed by atoms with Crippen molar-refractivity contribution < 1.29 is 28.7 Å². The monoisotopic (exact) mass is 420 g/mol. The molecule has 1 heterocycles. The van der Waals surface area contributed by atoms with Crippen molar-refractivity contribution in [3.63, 3.8) is 0 Å². The minimum absolute atomic E-state index is 0.212. The van der Waals surface area contributed by atoms with Gasteiger partial charge in [0.15, 0.2) is 0 Å². The van der Waals surface area contributed by atoms with E-state index in [1.807, 2.05) is 0 Å². The molecule has 4 amide bonds. The summed E-state index contributed by atoms with van der Waals surface area (Å²) >= 11 is 0. The van der Waals surface area contributed by atoms with Crippen molar-refractivity contribution in [3.8, 4) is 0 Å². The van der Waals surface area contributed by atoms with Crippen molar-refractivity contribution in [3.05, 3.63) is 29.3 Å². The van der Waals surface area contributed by atoms with Gasteiger partial charge in [0.25, 0.3) is 0 Å². The number of amides is 4. The molecule has 0 aliphatic carbocycles. The Morgan fingerprint density at radius 2 is 1.97 bits per heavy atom. The predicted molar refractivity (Wildman–Crippen MR) is 109 cm³/mol. The van der Waals surface area contributed by atoms with E-state index in [-0.39, 0.29) is 19.1 Å². The van der Waals surface area contributed by atoms with Gasteiger partial charge in [-0.3, -0.25) is 4.79 Å². The van der Waals surface area contributed by atoms with Gasteiger partial charge in [-0.05, 0) is 45.7 Å². The van der Waals surface area contributed by atoms with E-state index in [2.05, 4.69) is 21.3 Å². The molecule has 0 bridgehead atoms. The molecule has 4 N–H and O–H groups in total. The van der Waals surface area contributed by atoms with Gasteiger partial charge >= 0.3 is 18.1 Å². The Balaban J connectivity index is 2.03. The maximum absolute atomic E-state index is 12.8. The zero-order valence-corrected chi connectivity index (χ0v) is 17.6. The second kappa shape index (κ2) is 9.95. The van der Waals surface area contributed by atoms with Crippen LogP contribution >= 0.6 is 0 Å². The number of alkyl carbamates (subject to hydrolysis) is 1. The number of fused-ring (bicyclic) bond motifs is 1. The molecule has 30 heavy (non-hydrogen) atoms. The first kappa shape index (κ1) is 23.0. The highest BCUT2D eigenvalue weighted by atomic mass is 16.6. The van der Waals surface area contributed by atoms with E-state index >= 15 is 0 Å². The maximum atomic E-state index is 12.8. The number of anilines is 1. The van der Waals surface area contributed by atoms with Crippen molar-refractivity contribution in [2.75, 3.05) is 18.9 Å². The summed E-state index contributed by atoms with van der Waals surface area (Å²) in [5, 5.41) is 10.3. The zero-order valence-electron chi connectivity index (χ0n) is 17.6. The Labute approximate surface area is 175 Å². The molecule has 1 aliphatic heterocycles. The number of rotatable bonds is 7. The molecule has 0 unspecified atom stereocenters. The van der Waals surface area contributed by atoms with Gasteiger partial charge in [0.05, 0.1) is 5.56 Å². The lowest BCUT2D eigenvalue weighted by molar-refractivity contribution is -0.118. The fourth-order valence-corrected chi connectivity index (χ4v) is 2.74. The van der Waals surface area contributed by atoms with E-state index in [0.717, 1.165) is 5.56 Å². The average Bonchev–Trinajstić information content (AvgIpc) is 3.03. The van der Waals surface area contributed by atoms with Crippen LogP contribution in [0.4, 0.5) is 15.3 Å². The lowest BCUT2D eigenvalue weighted by Gasteiger charge is -2.23. The molecule has 1 aromatic carbocycles. The van der Waals surface area contributed by atoms with E-state index < -0.39 is 29.6 Å². The van der Waals surface area contributed by atoms with E-state index in [1.54, 1.807) is 39.0 Å². The molecule has 10 nitrogen and oxygen atoms in total. The summed E-state index contributed by atoms with van der Waals surface area (Å²) in [7, 11) is 1.50. The second-order valence-electron chi connectivity index (χ2n) is 7.78. The van der Waals surface area contributed by atoms with Crippen LogP contribution in [0.1, 0.15) is 49.5 Å². The first-order valence-corrected chi connectivity index (χ1v) is 9.65. The van der Waals surface area contributed by atoms with Gasteiger partial charge in [0.2, 0.25) is 5.91 Å². The number of hydrogen-bond donors (Lipinski definition) is 4. The Morgan fingerprint density at radius 1 is 1.23 bits per heavy atom. The van der Waals surface area contributed by atoms with E-state index in [9.17, 15) is 19.2 Å². The van der Waals surface area contributed by atoms with Gasteiger partial charge < -0.3 is 30.7 Å². The van der Waals surface area contributed by atoms with Crippen LogP contribution in [0.2, 0.25) is 0 Å². The van der Waals surface area contributed by atoms with Crippen molar-refractivity contribution in [2.24, 2.45) is 0 Å². The van der Waals surface area contributed by atoms with Crippen molar-refractivity contribution in [1.29, 1.82) is 0 Å². The van der Waals surface area contributed by atoms with Crippen molar-refractivity contribution >= 4 is 29.7 Å². The Kier molecular flexibility index (Phi) is 7.62. The van der Waals surface area contributed by atoms with E-state index in [1.165, 1.54) is 7.05 Å². The highest BCUT2D eigenvalue weighted by Crippen LogP contribution is 2.23. The quantitative estimate of drug-likeness (QED) is 0.393. The molecule has 164 valence electrons. The number of esters is 1. The number of benzene rings is 1. The number of nitrogens with one attached hydrogen (secondary N) is 4. The summed E-state index contributed by atoms with van der Waals surface area (Å²) in [6, 6.07) is 3.68. The SMILES string of the molecule is CNC(=O)NCCC[C@H](NC(=O)OC(C)(C)C)C(=O)Nc1ccc2c(c1)C(=O)OC2. The van der Waals surface area contributed by atoms with Crippen LogP contribution in [0.15, 0.2) is 18.2 Å². The minimum atomic E-state index is -0.897. The van der Waals surface area contributed by atoms with Gasteiger partial charge in [-0.15, -0.1) is 0 Å². The molecular formula is C20H28N4O6. The third kappa shape index (κ3) is 6.94. The Morgan fingerprint density at radius 3 is 2.63 bits per heavy atom. The lowest BCUT2D eigenvalue weighted by Crippen LogP contribution is -2.46. The van der Waals surface area contributed by atoms with Crippen LogP contribution in [0.25, 0.3) is 0 Å². The van der Waals surface area contributed by atoms with E-state index in [4.69, 9.17) is 9.47 Å². The van der Waals surface area contributed by atoms with Gasteiger partial charge in [0, 0.05) is 24.8 Å². The molecule has 0 saturated carbocycles. The standard InChI is InChI=1S/C20H28N4O6/c1-20(2,3)30-19(28)24-15(6-5-9-22-18(27)21-4)16(25)23-13-8-7-12-11-29-17(26)14(12)10-13/h7-8,10,15H,5-6,9,11H2,1-4H3,(H,23,25)(H,24,28)(H2,21,22,27)/t15-/m0/s1. The molecule has 0 aromatic heterocycles. The molecule has 0 saturated heterocycles. The molecule has 0 radical (unpaired) electrons. The lowest BCUT2D eigenvalue weighted by atomic mass is 10.1. The summed E-state index contributed by atoms with van der Waals surface area (Å²) in [6.45, 7) is 5.70. The molecule has 0 fully saturated rings. The largest absolute Gasteiger partial charge is 0.457 e. The maximum Gasteiger partial charge on any atom is 0.408 e. The van der Waals surface area contributed by atoms with Gasteiger partial charge in [-0.1, -0.05) is 6.07 Å². The molecule has 1 aromatic rings. The normalized spacial score (nSPS) is 13.5. The number of cyclic esters (lactones) is 1. The molecule has 1 aliphatic rings. The fraction of sp³-hybridized carbons (Fsp3) is 0.500. The number of hydrogen-bond acceptors (Lipinski definition) is 6. The van der Waals surface area contributed by atoms with Gasteiger partial charge in [0.1, 0.15) is 18.2 Å². The number of ether oxygens (including phenoxy) is 2. The van der Waals surface area contributed by atoms with Crippen LogP contribution in [0.3, 0.4) is 0 Å². The highest BCUT2D eigenvalue weighted by Gasteiger charge is 2.26. The van der Waals surface area contributed by atoms with Crippen LogP contribution in [-0.4, -0.2) is 49.2 Å². The zero-order chi connectivity index (χ0) is 22.3. The van der Waals surface area contributed by atoms with Crippen LogP contribution < -0.4 is 21.3 Å². The smallest absolute Gasteiger partial charge is 0.408 e. The third-order valence-corrected chi connectivity index (χ3v) is 4.15. The molecular weight excluding hydrogens is 392 g/mol. The minimum Gasteiger partial charge on any atom is -0.457 e. The first-order chi connectivity index (χ1) is 14.1. The predicted octanol–water partition coefficient (Wildman–Crippen LogP) is 1.90. The molecule has 10 heteroatoms. The van der Waals surface area contributed by atoms with E-state index in [0.29, 0.717) is 24.2 Å². The van der Waals surface area contributed by atoms with Crippen LogP contribution in [0.5, 0.6) is 0 Å². The highest BCUT2D eigenvalue weighted by molar-refractivity contribution is 5.99. The number of carbonyl (C=O) groups excluding carboxylic acids is 4. The fourth-order valence-electron chi connectivity index (χ4n) is 2.74. The molecule has 0 spiro atoms. The van der Waals surface area contributed by atoms with Crippen molar-refractivity contribution in [2.45, 2.75) is 51.9 Å². The second-order valence-corrected chi connectivity index (χ2v) is 7.78. The summed E-state index contributed by atoms with van der Waals surface area (Å²) in [5.41, 5.74) is 0.852. The topological polar surface area (TPSA) is 135 Å². The molecule has 2 rings (SSSR count). The van der Waals surface area contributed by atoms with Crippen LogP contribution in [-0.2, 0) is 20.9 Å². The van der Waals surface area contributed by atoms with Crippen LogP contribution in [0, 0.1) is 0 Å². The number of carbonyl (C=O) groups is 4. The Hall–Kier alpha value is -3.30. The summed E-state index contributed by atoms with van der Waals surface area (Å²) in [6.07, 6.45) is -0.0145. The van der Waals surface area contributed by atoms with Crippen molar-refractivity contribution in [1.82, 2.24) is 16.0 Å². The first-order valence-electron chi connectivity index (χ1n) is 9.65. The van der Waals surface area contributed by atoms with Gasteiger partial charge in [-0.25, -0.2) is 14.4 Å². The Bertz CT molecular complexity index is 818. The summed E-state index contributed by atoms with van der Waals surface area (Å²) in [4.78, 5) is 47.9.